The minimum Gasteiger partial charge on any atom is -0.298 e. The Balaban J connectivity index is 2.92. The van der Waals surface area contributed by atoms with Crippen LogP contribution in [-0.2, 0) is 16.5 Å². The Kier molecular flexibility index (Phi) is 5.13. The molecule has 0 aliphatic carbocycles. The summed E-state index contributed by atoms with van der Waals surface area (Å²) in [6.45, 7) is 0. The van der Waals surface area contributed by atoms with Crippen LogP contribution < -0.4 is 0 Å². The van der Waals surface area contributed by atoms with Gasteiger partial charge in [-0.05, 0) is 11.1 Å². The molecule has 1 aromatic rings. The maximum Gasteiger partial charge on any atom is 0.151 e. The zero-order chi connectivity index (χ0) is 10.6. The van der Waals surface area contributed by atoms with Crippen LogP contribution in [-0.4, -0.2) is 11.7 Å². The van der Waals surface area contributed by atoms with Crippen molar-refractivity contribution in [3.05, 3.63) is 33.8 Å². The van der Waals surface area contributed by atoms with E-state index in [1.807, 2.05) is 18.2 Å². The van der Waals surface area contributed by atoms with Gasteiger partial charge in [-0.3, -0.25) is 4.79 Å². The number of hydrogen-bond acceptors (Lipinski definition) is 1. The van der Waals surface area contributed by atoms with Crippen LogP contribution in [0.4, 0.5) is 0 Å². The zero-order valence-corrected chi connectivity index (χ0v) is 11.3. The van der Waals surface area contributed by atoms with E-state index in [9.17, 15) is 4.79 Å². The molecule has 1 nitrogen and oxygen atoms in total. The van der Waals surface area contributed by atoms with Crippen LogP contribution in [0.5, 0.6) is 0 Å². The predicted octanol–water partition coefficient (Wildman–Crippen LogP) is 3.69. The second-order valence-electron chi connectivity index (χ2n) is 2.87. The summed E-state index contributed by atoms with van der Waals surface area (Å²) in [5, 5.41) is 0.774. The van der Waals surface area contributed by atoms with E-state index in [4.69, 9.17) is 11.6 Å². The predicted molar refractivity (Wildman–Crippen MR) is 66.2 cm³/mol. The summed E-state index contributed by atoms with van der Waals surface area (Å²) in [5.74, 6) is 0.115. The Labute approximate surface area is 105 Å². The molecule has 0 saturated heterocycles. The van der Waals surface area contributed by atoms with E-state index in [2.05, 4.69) is 31.9 Å². The summed E-state index contributed by atoms with van der Waals surface area (Å²) in [6, 6.07) is 5.88. The molecule has 0 atom stereocenters. The highest BCUT2D eigenvalue weighted by molar-refractivity contribution is 9.10. The molecule has 0 N–H and O–H groups in total. The molecule has 0 spiro atoms. The molecular weight excluding hydrogens is 331 g/mol. The second kappa shape index (κ2) is 5.89. The number of carbonyl (C=O) groups is 1. The molecule has 0 amide bonds. The molecule has 1 rings (SSSR count). The van der Waals surface area contributed by atoms with Crippen LogP contribution in [0.2, 0.25) is 0 Å². The van der Waals surface area contributed by atoms with Gasteiger partial charge in [-0.25, -0.2) is 0 Å². The molecule has 1 aromatic carbocycles. The van der Waals surface area contributed by atoms with Crippen molar-refractivity contribution >= 4 is 49.2 Å². The van der Waals surface area contributed by atoms with Crippen LogP contribution >= 0.6 is 43.5 Å². The standard InChI is InChI=1S/C10H9Br2ClO/c11-5-8-3-1-2-7(10(8)12)4-9(14)6-13/h1-3H,4-6H2. The lowest BCUT2D eigenvalue weighted by atomic mass is 10.1. The van der Waals surface area contributed by atoms with Crippen LogP contribution in [0, 0.1) is 0 Å². The summed E-state index contributed by atoms with van der Waals surface area (Å²) in [7, 11) is 0. The fourth-order valence-corrected chi connectivity index (χ4v) is 2.62. The Morgan fingerprint density at radius 3 is 2.57 bits per heavy atom. The van der Waals surface area contributed by atoms with Crippen LogP contribution in [0.25, 0.3) is 0 Å². The lowest BCUT2D eigenvalue weighted by molar-refractivity contribution is -0.116. The largest absolute Gasteiger partial charge is 0.298 e. The topological polar surface area (TPSA) is 17.1 Å². The van der Waals surface area contributed by atoms with Gasteiger partial charge in [0.05, 0.1) is 5.88 Å². The maximum atomic E-state index is 11.2. The summed E-state index contributed by atoms with van der Waals surface area (Å²) >= 11 is 12.3. The smallest absolute Gasteiger partial charge is 0.151 e. The van der Waals surface area contributed by atoms with E-state index in [1.165, 1.54) is 0 Å². The molecule has 14 heavy (non-hydrogen) atoms. The highest BCUT2D eigenvalue weighted by Crippen LogP contribution is 2.24. The van der Waals surface area contributed by atoms with Crippen molar-refractivity contribution in [1.29, 1.82) is 0 Å². The van der Waals surface area contributed by atoms with E-state index in [0.29, 0.717) is 6.42 Å². The number of benzene rings is 1. The number of rotatable bonds is 4. The fraction of sp³-hybridized carbons (Fsp3) is 0.300. The van der Waals surface area contributed by atoms with Gasteiger partial charge in [-0.1, -0.05) is 50.1 Å². The molecular formula is C10H9Br2ClO. The molecule has 0 aromatic heterocycles. The first kappa shape index (κ1) is 12.2. The van der Waals surface area contributed by atoms with Gasteiger partial charge in [0.2, 0.25) is 0 Å². The zero-order valence-electron chi connectivity index (χ0n) is 7.40. The number of halogens is 3. The molecule has 0 heterocycles. The Morgan fingerprint density at radius 2 is 2.00 bits per heavy atom. The van der Waals surface area contributed by atoms with Crippen molar-refractivity contribution < 1.29 is 4.79 Å². The van der Waals surface area contributed by atoms with Crippen LogP contribution in [0.15, 0.2) is 22.7 Å². The van der Waals surface area contributed by atoms with Crippen molar-refractivity contribution in [2.45, 2.75) is 11.8 Å². The first-order valence-corrected chi connectivity index (χ1v) is 6.53. The Morgan fingerprint density at radius 1 is 1.36 bits per heavy atom. The van der Waals surface area contributed by atoms with Gasteiger partial charge in [0.1, 0.15) is 0 Å². The van der Waals surface area contributed by atoms with Crippen molar-refractivity contribution in [1.82, 2.24) is 0 Å². The minimum atomic E-state index is 0.0408. The third-order valence-corrected chi connectivity index (χ3v) is 3.76. The summed E-state index contributed by atoms with van der Waals surface area (Å²) < 4.78 is 0.996. The molecule has 0 aliphatic heterocycles. The Bertz CT molecular complexity index is 339. The summed E-state index contributed by atoms with van der Waals surface area (Å²) in [6.07, 6.45) is 0.394. The van der Waals surface area contributed by atoms with Crippen LogP contribution in [0.3, 0.4) is 0 Å². The fourth-order valence-electron chi connectivity index (χ4n) is 1.13. The quantitative estimate of drug-likeness (QED) is 0.764. The summed E-state index contributed by atoms with van der Waals surface area (Å²) in [5.41, 5.74) is 2.14. The van der Waals surface area contributed by atoms with E-state index in [-0.39, 0.29) is 11.7 Å². The minimum absolute atomic E-state index is 0.0408. The van der Waals surface area contributed by atoms with E-state index >= 15 is 0 Å². The van der Waals surface area contributed by atoms with Crippen molar-refractivity contribution in [3.63, 3.8) is 0 Å². The first-order chi connectivity index (χ1) is 6.69. The Hall–Kier alpha value is 0.140. The molecule has 0 radical (unpaired) electrons. The van der Waals surface area contributed by atoms with Gasteiger partial charge >= 0.3 is 0 Å². The average molecular weight is 340 g/mol. The van der Waals surface area contributed by atoms with Crippen molar-refractivity contribution in [3.8, 4) is 0 Å². The molecule has 76 valence electrons. The maximum absolute atomic E-state index is 11.2. The SMILES string of the molecule is O=C(CCl)Cc1cccc(CBr)c1Br. The number of hydrogen-bond donors (Lipinski definition) is 0. The third kappa shape index (κ3) is 3.07. The van der Waals surface area contributed by atoms with Gasteiger partial charge < -0.3 is 0 Å². The van der Waals surface area contributed by atoms with E-state index < -0.39 is 0 Å². The van der Waals surface area contributed by atoms with Gasteiger partial charge in [0.25, 0.3) is 0 Å². The number of carbonyl (C=O) groups excluding carboxylic acids is 1. The normalized spacial score (nSPS) is 10.2. The van der Waals surface area contributed by atoms with Gasteiger partial charge in [-0.15, -0.1) is 11.6 Å². The van der Waals surface area contributed by atoms with Crippen LogP contribution in [0.1, 0.15) is 11.1 Å². The molecule has 0 saturated carbocycles. The van der Waals surface area contributed by atoms with Crippen molar-refractivity contribution in [2.24, 2.45) is 0 Å². The van der Waals surface area contributed by atoms with Crippen molar-refractivity contribution in [2.75, 3.05) is 5.88 Å². The lowest BCUT2D eigenvalue weighted by Crippen LogP contribution is -2.04. The third-order valence-electron chi connectivity index (χ3n) is 1.84. The molecule has 0 unspecified atom stereocenters. The first-order valence-electron chi connectivity index (χ1n) is 4.09. The molecule has 4 heteroatoms. The highest BCUT2D eigenvalue weighted by Gasteiger charge is 2.08. The number of alkyl halides is 2. The molecule has 0 bridgehead atoms. The lowest BCUT2D eigenvalue weighted by Gasteiger charge is -2.06. The average Bonchev–Trinajstić information content (AvgIpc) is 2.21. The number of ketones is 1. The van der Waals surface area contributed by atoms with Gasteiger partial charge in [0, 0.05) is 16.2 Å². The van der Waals surface area contributed by atoms with Gasteiger partial charge in [0.15, 0.2) is 5.78 Å². The second-order valence-corrected chi connectivity index (χ2v) is 4.49. The monoisotopic (exact) mass is 338 g/mol. The molecule has 0 fully saturated rings. The summed E-state index contributed by atoms with van der Waals surface area (Å²) in [4.78, 5) is 11.2. The molecule has 0 aliphatic rings. The highest BCUT2D eigenvalue weighted by atomic mass is 79.9. The van der Waals surface area contributed by atoms with Gasteiger partial charge in [-0.2, -0.15) is 0 Å². The van der Waals surface area contributed by atoms with E-state index in [1.54, 1.807) is 0 Å². The van der Waals surface area contributed by atoms with E-state index in [0.717, 1.165) is 20.9 Å². The number of Topliss-reactive ketones (excluding diaryl/α,β-unsaturated/α-hetero) is 1.